The molecule has 0 spiro atoms. The summed E-state index contributed by atoms with van der Waals surface area (Å²) < 4.78 is 16.6. The van der Waals surface area contributed by atoms with Crippen LogP contribution in [0.2, 0.25) is 5.02 Å². The molecule has 4 aromatic rings. The number of hydrogen-bond acceptors (Lipinski definition) is 6. The summed E-state index contributed by atoms with van der Waals surface area (Å²) in [6, 6.07) is 4.55. The highest BCUT2D eigenvalue weighted by Crippen LogP contribution is 2.32. The van der Waals surface area contributed by atoms with Crippen LogP contribution < -0.4 is 4.90 Å². The maximum absolute atomic E-state index is 14.8. The summed E-state index contributed by atoms with van der Waals surface area (Å²) in [6.07, 6.45) is 7.69. The number of halogens is 2. The SMILES string of the molecule is Cc1cnc2c(-c3ccc(Cl)cc3F)nc(N3CCCC(c4cnn(C)c4)C3)nc2n1. The van der Waals surface area contributed by atoms with Crippen LogP contribution in [-0.2, 0) is 7.05 Å². The molecule has 0 aliphatic carbocycles. The van der Waals surface area contributed by atoms with Gasteiger partial charge in [0.25, 0.3) is 0 Å². The first-order chi connectivity index (χ1) is 15.0. The minimum Gasteiger partial charge on any atom is -0.340 e. The van der Waals surface area contributed by atoms with E-state index in [1.807, 2.05) is 24.9 Å². The molecule has 5 rings (SSSR count). The van der Waals surface area contributed by atoms with Gasteiger partial charge in [-0.15, -0.1) is 0 Å². The van der Waals surface area contributed by atoms with Crippen LogP contribution >= 0.6 is 11.6 Å². The molecule has 0 saturated carbocycles. The van der Waals surface area contributed by atoms with E-state index in [2.05, 4.69) is 26.2 Å². The molecule has 9 heteroatoms. The van der Waals surface area contributed by atoms with Crippen molar-refractivity contribution in [1.82, 2.24) is 29.7 Å². The van der Waals surface area contributed by atoms with Crippen molar-refractivity contribution in [2.75, 3.05) is 18.0 Å². The minimum absolute atomic E-state index is 0.331. The molecule has 1 aliphatic rings. The fourth-order valence-electron chi connectivity index (χ4n) is 4.07. The fraction of sp³-hybridized carbons (Fsp3) is 0.318. The van der Waals surface area contributed by atoms with Crippen molar-refractivity contribution in [3.05, 3.63) is 58.9 Å². The standard InChI is InChI=1S/C22H21ClFN7/c1-13-9-25-20-19(17-6-5-16(23)8-18(17)24)28-22(29-21(20)27-13)31-7-3-4-14(12-31)15-10-26-30(2)11-15/h5-6,8-11,14H,3-4,7,12H2,1-2H3. The summed E-state index contributed by atoms with van der Waals surface area (Å²) in [7, 11) is 1.92. The molecule has 1 aliphatic heterocycles. The predicted octanol–water partition coefficient (Wildman–Crippen LogP) is 4.31. The molecule has 1 atom stereocenters. The second-order valence-corrected chi connectivity index (χ2v) is 8.35. The lowest BCUT2D eigenvalue weighted by atomic mass is 9.93. The molecule has 0 bridgehead atoms. The van der Waals surface area contributed by atoms with Crippen LogP contribution in [0.15, 0.2) is 36.8 Å². The third-order valence-electron chi connectivity index (χ3n) is 5.60. The predicted molar refractivity (Wildman–Crippen MR) is 118 cm³/mol. The molecule has 1 unspecified atom stereocenters. The molecule has 0 N–H and O–H groups in total. The molecule has 1 aromatic carbocycles. The molecular formula is C22H21ClFN7. The van der Waals surface area contributed by atoms with Gasteiger partial charge in [0.15, 0.2) is 5.65 Å². The maximum Gasteiger partial charge on any atom is 0.228 e. The maximum atomic E-state index is 14.8. The van der Waals surface area contributed by atoms with Crippen molar-refractivity contribution in [2.45, 2.75) is 25.7 Å². The lowest BCUT2D eigenvalue weighted by Gasteiger charge is -2.32. The van der Waals surface area contributed by atoms with E-state index in [4.69, 9.17) is 21.6 Å². The Morgan fingerprint density at radius 3 is 2.81 bits per heavy atom. The fourth-order valence-corrected chi connectivity index (χ4v) is 4.23. The van der Waals surface area contributed by atoms with Crippen LogP contribution in [0, 0.1) is 12.7 Å². The van der Waals surface area contributed by atoms with Gasteiger partial charge in [0.2, 0.25) is 5.95 Å². The monoisotopic (exact) mass is 437 g/mol. The van der Waals surface area contributed by atoms with Gasteiger partial charge in [-0.2, -0.15) is 10.1 Å². The van der Waals surface area contributed by atoms with Crippen molar-refractivity contribution in [1.29, 1.82) is 0 Å². The van der Waals surface area contributed by atoms with Gasteiger partial charge in [0, 0.05) is 49.0 Å². The Bertz CT molecular complexity index is 1270. The second kappa shape index (κ2) is 7.85. The zero-order chi connectivity index (χ0) is 21.5. The smallest absolute Gasteiger partial charge is 0.228 e. The molecule has 7 nitrogen and oxygen atoms in total. The van der Waals surface area contributed by atoms with Crippen molar-refractivity contribution >= 4 is 28.7 Å². The van der Waals surface area contributed by atoms with E-state index in [1.165, 1.54) is 11.6 Å². The third-order valence-corrected chi connectivity index (χ3v) is 5.84. The quantitative estimate of drug-likeness (QED) is 0.475. The van der Waals surface area contributed by atoms with E-state index in [1.54, 1.807) is 18.3 Å². The minimum atomic E-state index is -0.451. The highest BCUT2D eigenvalue weighted by molar-refractivity contribution is 6.30. The summed E-state index contributed by atoms with van der Waals surface area (Å²) in [4.78, 5) is 20.6. The average molecular weight is 438 g/mol. The Balaban J connectivity index is 1.60. The molecule has 1 fully saturated rings. The summed E-state index contributed by atoms with van der Waals surface area (Å²) in [5.74, 6) is 0.416. The number of fused-ring (bicyclic) bond motifs is 1. The van der Waals surface area contributed by atoms with Gasteiger partial charge in [0.05, 0.1) is 11.9 Å². The number of aryl methyl sites for hydroxylation is 2. The van der Waals surface area contributed by atoms with Crippen LogP contribution in [0.1, 0.15) is 30.0 Å². The Morgan fingerprint density at radius 1 is 1.16 bits per heavy atom. The number of benzene rings is 1. The highest BCUT2D eigenvalue weighted by atomic mass is 35.5. The van der Waals surface area contributed by atoms with Gasteiger partial charge in [-0.25, -0.2) is 19.3 Å². The Hall–Kier alpha value is -3.13. The van der Waals surface area contributed by atoms with E-state index in [0.29, 0.717) is 39.3 Å². The molecule has 31 heavy (non-hydrogen) atoms. The normalized spacial score (nSPS) is 16.8. The average Bonchev–Trinajstić information content (AvgIpc) is 3.19. The zero-order valence-electron chi connectivity index (χ0n) is 17.3. The van der Waals surface area contributed by atoms with Crippen LogP contribution in [0.4, 0.5) is 10.3 Å². The number of rotatable bonds is 3. The molecule has 0 amide bonds. The number of nitrogens with zero attached hydrogens (tertiary/aromatic N) is 7. The molecule has 4 heterocycles. The van der Waals surface area contributed by atoms with Crippen molar-refractivity contribution in [2.24, 2.45) is 7.05 Å². The lowest BCUT2D eigenvalue weighted by molar-refractivity contribution is 0.503. The van der Waals surface area contributed by atoms with Gasteiger partial charge in [-0.1, -0.05) is 11.6 Å². The molecule has 158 valence electrons. The number of anilines is 1. The molecule has 3 aromatic heterocycles. The van der Waals surface area contributed by atoms with Gasteiger partial charge in [-0.3, -0.25) is 4.68 Å². The van der Waals surface area contributed by atoms with Crippen LogP contribution in [-0.4, -0.2) is 42.8 Å². The first-order valence-corrected chi connectivity index (χ1v) is 10.6. The largest absolute Gasteiger partial charge is 0.340 e. The highest BCUT2D eigenvalue weighted by Gasteiger charge is 2.26. The van der Waals surface area contributed by atoms with E-state index in [0.717, 1.165) is 31.6 Å². The third kappa shape index (κ3) is 3.83. The van der Waals surface area contributed by atoms with Crippen LogP contribution in [0.25, 0.3) is 22.4 Å². The van der Waals surface area contributed by atoms with Crippen molar-refractivity contribution < 1.29 is 4.39 Å². The van der Waals surface area contributed by atoms with Gasteiger partial charge < -0.3 is 4.90 Å². The summed E-state index contributed by atoms with van der Waals surface area (Å²) in [5, 5.41) is 4.64. The van der Waals surface area contributed by atoms with Gasteiger partial charge in [-0.05, 0) is 43.5 Å². The van der Waals surface area contributed by atoms with E-state index >= 15 is 0 Å². The van der Waals surface area contributed by atoms with Gasteiger partial charge >= 0.3 is 0 Å². The molecule has 0 radical (unpaired) electrons. The summed E-state index contributed by atoms with van der Waals surface area (Å²) in [6.45, 7) is 3.44. The lowest BCUT2D eigenvalue weighted by Crippen LogP contribution is -2.35. The van der Waals surface area contributed by atoms with Crippen molar-refractivity contribution in [3.63, 3.8) is 0 Å². The topological polar surface area (TPSA) is 72.6 Å². The number of hydrogen-bond donors (Lipinski definition) is 0. The second-order valence-electron chi connectivity index (χ2n) is 7.91. The van der Waals surface area contributed by atoms with E-state index < -0.39 is 5.82 Å². The molecular weight excluding hydrogens is 417 g/mol. The Kier molecular flexibility index (Phi) is 5.02. The van der Waals surface area contributed by atoms with Crippen LogP contribution in [0.5, 0.6) is 0 Å². The number of piperidine rings is 1. The first-order valence-electron chi connectivity index (χ1n) is 10.2. The van der Waals surface area contributed by atoms with Crippen molar-refractivity contribution in [3.8, 4) is 11.3 Å². The van der Waals surface area contributed by atoms with E-state index in [-0.39, 0.29) is 0 Å². The number of aromatic nitrogens is 6. The zero-order valence-corrected chi connectivity index (χ0v) is 18.0. The Labute approximate surface area is 183 Å². The summed E-state index contributed by atoms with van der Waals surface area (Å²) in [5.41, 5.74) is 3.62. The first kappa shape index (κ1) is 19.8. The molecule has 1 saturated heterocycles. The van der Waals surface area contributed by atoms with Crippen LogP contribution in [0.3, 0.4) is 0 Å². The van der Waals surface area contributed by atoms with Gasteiger partial charge in [0.1, 0.15) is 17.0 Å². The van der Waals surface area contributed by atoms with E-state index in [9.17, 15) is 4.39 Å². The summed E-state index contributed by atoms with van der Waals surface area (Å²) >= 11 is 5.96. The Morgan fingerprint density at radius 2 is 2.03 bits per heavy atom.